The van der Waals surface area contributed by atoms with Gasteiger partial charge in [-0.1, -0.05) is 19.1 Å². The van der Waals surface area contributed by atoms with Crippen LogP contribution in [-0.2, 0) is 4.79 Å². The van der Waals surface area contributed by atoms with E-state index in [0.717, 1.165) is 5.70 Å². The van der Waals surface area contributed by atoms with Crippen molar-refractivity contribution >= 4 is 5.91 Å². The van der Waals surface area contributed by atoms with Crippen LogP contribution in [-0.4, -0.2) is 5.91 Å². The van der Waals surface area contributed by atoms with Crippen LogP contribution in [0.4, 0.5) is 0 Å². The number of nitrogens with one attached hydrogen (secondary N) is 1. The second-order valence-corrected chi connectivity index (χ2v) is 2.51. The molecular weight excluding hydrogens is 126 g/mol. The molecule has 10 heavy (non-hydrogen) atoms. The third-order valence-electron chi connectivity index (χ3n) is 1.48. The molecule has 0 aromatic rings. The Balaban J connectivity index is 2.76. The van der Waals surface area contributed by atoms with Gasteiger partial charge in [0.25, 0.3) is 0 Å². The van der Waals surface area contributed by atoms with Crippen molar-refractivity contribution in [3.63, 3.8) is 0 Å². The van der Waals surface area contributed by atoms with Gasteiger partial charge in [-0.15, -0.1) is 0 Å². The van der Waals surface area contributed by atoms with E-state index in [1.807, 2.05) is 32.1 Å². The van der Waals surface area contributed by atoms with E-state index < -0.39 is 0 Å². The lowest BCUT2D eigenvalue weighted by Crippen LogP contribution is -2.25. The van der Waals surface area contributed by atoms with Crippen molar-refractivity contribution in [1.29, 1.82) is 0 Å². The van der Waals surface area contributed by atoms with Crippen molar-refractivity contribution in [2.75, 3.05) is 0 Å². The van der Waals surface area contributed by atoms with Crippen molar-refractivity contribution in [3.05, 3.63) is 23.9 Å². The molecule has 1 amide bonds. The van der Waals surface area contributed by atoms with Crippen LogP contribution < -0.4 is 5.32 Å². The molecule has 2 nitrogen and oxygen atoms in total. The summed E-state index contributed by atoms with van der Waals surface area (Å²) in [4.78, 5) is 11.0. The number of allylic oxidation sites excluding steroid dienone is 3. The van der Waals surface area contributed by atoms with Crippen molar-refractivity contribution in [2.24, 2.45) is 5.92 Å². The fraction of sp³-hybridized carbons (Fsp3) is 0.375. The second-order valence-electron chi connectivity index (χ2n) is 2.51. The largest absolute Gasteiger partial charge is 0.330 e. The van der Waals surface area contributed by atoms with Crippen LogP contribution in [0.1, 0.15) is 13.8 Å². The molecule has 2 heteroatoms. The monoisotopic (exact) mass is 137 g/mol. The maximum absolute atomic E-state index is 11.0. The molecule has 0 spiro atoms. The summed E-state index contributed by atoms with van der Waals surface area (Å²) in [5, 5.41) is 2.75. The third-order valence-corrected chi connectivity index (χ3v) is 1.48. The number of hydrogen-bond acceptors (Lipinski definition) is 1. The smallest absolute Gasteiger partial charge is 0.230 e. The first-order chi connectivity index (χ1) is 4.70. The summed E-state index contributed by atoms with van der Waals surface area (Å²) < 4.78 is 0. The average Bonchev–Trinajstić information content (AvgIpc) is 1.96. The molecule has 1 aliphatic rings. The van der Waals surface area contributed by atoms with Gasteiger partial charge in [0.05, 0.1) is 5.92 Å². The summed E-state index contributed by atoms with van der Waals surface area (Å²) in [5.41, 5.74) is 0.908. The van der Waals surface area contributed by atoms with E-state index in [2.05, 4.69) is 5.32 Å². The van der Waals surface area contributed by atoms with Crippen LogP contribution in [0.15, 0.2) is 23.9 Å². The SMILES string of the molecule is CC1=CC=CC(C)C(=O)N1. The molecule has 54 valence electrons. The van der Waals surface area contributed by atoms with Crippen molar-refractivity contribution < 1.29 is 4.79 Å². The predicted octanol–water partition coefficient (Wildman–Crippen LogP) is 1.21. The van der Waals surface area contributed by atoms with Crippen LogP contribution >= 0.6 is 0 Å². The highest BCUT2D eigenvalue weighted by Crippen LogP contribution is 2.03. The lowest BCUT2D eigenvalue weighted by Gasteiger charge is -2.04. The average molecular weight is 137 g/mol. The Kier molecular flexibility index (Phi) is 1.90. The van der Waals surface area contributed by atoms with E-state index in [1.54, 1.807) is 0 Å². The fourth-order valence-electron chi connectivity index (χ4n) is 0.804. The minimum Gasteiger partial charge on any atom is -0.330 e. The normalized spacial score (nSPS) is 25.2. The Morgan fingerprint density at radius 2 is 2.30 bits per heavy atom. The van der Waals surface area contributed by atoms with E-state index in [0.29, 0.717) is 0 Å². The standard InChI is InChI=1S/C8H11NO/c1-6-4-3-5-7(2)9-8(6)10/h3-6H,1-2H3,(H,9,10). The third kappa shape index (κ3) is 1.47. The van der Waals surface area contributed by atoms with E-state index in [4.69, 9.17) is 0 Å². The van der Waals surface area contributed by atoms with Crippen LogP contribution in [0.25, 0.3) is 0 Å². The Morgan fingerprint density at radius 3 is 3.00 bits per heavy atom. The van der Waals surface area contributed by atoms with Crippen LogP contribution in [0.2, 0.25) is 0 Å². The lowest BCUT2D eigenvalue weighted by molar-refractivity contribution is -0.122. The van der Waals surface area contributed by atoms with Gasteiger partial charge in [0.15, 0.2) is 0 Å². The molecule has 1 atom stereocenters. The minimum atomic E-state index is -0.00583. The van der Waals surface area contributed by atoms with Crippen molar-refractivity contribution in [1.82, 2.24) is 5.32 Å². The van der Waals surface area contributed by atoms with Crippen LogP contribution in [0.5, 0.6) is 0 Å². The van der Waals surface area contributed by atoms with Gasteiger partial charge in [-0.25, -0.2) is 0 Å². The second kappa shape index (κ2) is 2.69. The molecule has 1 aliphatic heterocycles. The molecule has 0 saturated carbocycles. The summed E-state index contributed by atoms with van der Waals surface area (Å²) >= 11 is 0. The molecule has 0 aromatic carbocycles. The Labute approximate surface area is 60.6 Å². The van der Waals surface area contributed by atoms with Gasteiger partial charge in [-0.05, 0) is 13.0 Å². The zero-order valence-corrected chi connectivity index (χ0v) is 6.22. The van der Waals surface area contributed by atoms with Gasteiger partial charge < -0.3 is 5.32 Å². The molecule has 0 aromatic heterocycles. The molecular formula is C8H11NO. The minimum absolute atomic E-state index is 0.00583. The molecule has 1 N–H and O–H groups in total. The molecule has 1 unspecified atom stereocenters. The Hall–Kier alpha value is -1.05. The number of hydrogen-bond donors (Lipinski definition) is 1. The zero-order valence-electron chi connectivity index (χ0n) is 6.22. The molecule has 0 fully saturated rings. The number of carbonyl (C=O) groups excluding carboxylic acids is 1. The molecule has 0 aliphatic carbocycles. The summed E-state index contributed by atoms with van der Waals surface area (Å²) in [7, 11) is 0. The van der Waals surface area contributed by atoms with Crippen molar-refractivity contribution in [2.45, 2.75) is 13.8 Å². The maximum Gasteiger partial charge on any atom is 0.230 e. The predicted molar refractivity (Wildman–Crippen MR) is 40.2 cm³/mol. The van der Waals surface area contributed by atoms with Crippen LogP contribution in [0.3, 0.4) is 0 Å². The lowest BCUT2D eigenvalue weighted by atomic mass is 10.1. The topological polar surface area (TPSA) is 29.1 Å². The highest BCUT2D eigenvalue weighted by Gasteiger charge is 2.10. The van der Waals surface area contributed by atoms with E-state index >= 15 is 0 Å². The zero-order chi connectivity index (χ0) is 7.56. The first kappa shape index (κ1) is 7.06. The molecule has 1 rings (SSSR count). The van der Waals surface area contributed by atoms with Gasteiger partial charge >= 0.3 is 0 Å². The summed E-state index contributed by atoms with van der Waals surface area (Å²) in [5.74, 6) is 0.0659. The van der Waals surface area contributed by atoms with E-state index in [-0.39, 0.29) is 11.8 Å². The Morgan fingerprint density at radius 1 is 1.60 bits per heavy atom. The highest BCUT2D eigenvalue weighted by atomic mass is 16.1. The number of carbonyl (C=O) groups is 1. The van der Waals surface area contributed by atoms with Gasteiger partial charge in [-0.3, -0.25) is 4.79 Å². The fourth-order valence-corrected chi connectivity index (χ4v) is 0.804. The van der Waals surface area contributed by atoms with Crippen LogP contribution in [0, 0.1) is 5.92 Å². The first-order valence-corrected chi connectivity index (χ1v) is 3.36. The van der Waals surface area contributed by atoms with E-state index in [9.17, 15) is 4.79 Å². The maximum atomic E-state index is 11.0. The molecule has 1 heterocycles. The first-order valence-electron chi connectivity index (χ1n) is 3.36. The highest BCUT2D eigenvalue weighted by molar-refractivity contribution is 5.82. The van der Waals surface area contributed by atoms with Gasteiger partial charge in [0.2, 0.25) is 5.91 Å². The molecule has 0 radical (unpaired) electrons. The van der Waals surface area contributed by atoms with Gasteiger partial charge in [0, 0.05) is 5.70 Å². The molecule has 0 saturated heterocycles. The summed E-state index contributed by atoms with van der Waals surface area (Å²) in [6.45, 7) is 3.75. The number of amides is 1. The van der Waals surface area contributed by atoms with Gasteiger partial charge in [-0.2, -0.15) is 0 Å². The quantitative estimate of drug-likeness (QED) is 0.534. The Bertz CT molecular complexity index is 203. The summed E-state index contributed by atoms with van der Waals surface area (Å²) in [6, 6.07) is 0. The van der Waals surface area contributed by atoms with Gasteiger partial charge in [0.1, 0.15) is 0 Å². The summed E-state index contributed by atoms with van der Waals surface area (Å²) in [6.07, 6.45) is 5.67. The molecule has 0 bridgehead atoms. The van der Waals surface area contributed by atoms with Crippen molar-refractivity contribution in [3.8, 4) is 0 Å². The van der Waals surface area contributed by atoms with E-state index in [1.165, 1.54) is 0 Å². The number of rotatable bonds is 0.